The minimum Gasteiger partial charge on any atom is -0.396 e. The summed E-state index contributed by atoms with van der Waals surface area (Å²) in [4.78, 5) is 24.7. The Hall–Kier alpha value is -2.96. The molecule has 2 aromatic heterocycles. The van der Waals surface area contributed by atoms with Gasteiger partial charge in [-0.2, -0.15) is 15.0 Å². The highest BCUT2D eigenvalue weighted by Crippen LogP contribution is 2.29. The van der Waals surface area contributed by atoms with E-state index < -0.39 is 12.2 Å². The number of aliphatic hydroxyl groups is 1. The van der Waals surface area contributed by atoms with Gasteiger partial charge in [0.2, 0.25) is 17.8 Å². The van der Waals surface area contributed by atoms with Gasteiger partial charge in [0.1, 0.15) is 0 Å². The molecule has 0 aliphatic carbocycles. The Balaban J connectivity index is 1.56. The minimum atomic E-state index is -2.79. The lowest BCUT2D eigenvalue weighted by Gasteiger charge is -2.39. The van der Waals surface area contributed by atoms with E-state index in [0.29, 0.717) is 55.7 Å². The van der Waals surface area contributed by atoms with Gasteiger partial charge in [0.05, 0.1) is 23.2 Å². The maximum absolute atomic E-state index is 14.1. The molecule has 0 radical (unpaired) electrons. The number of nitrogens with zero attached hydrogens (tertiary/aromatic N) is 8. The number of fused-ring (bicyclic) bond motifs is 1. The van der Waals surface area contributed by atoms with Gasteiger partial charge in [0.25, 0.3) is 6.43 Å². The van der Waals surface area contributed by atoms with Gasteiger partial charge in [-0.05, 0) is 32.4 Å². The van der Waals surface area contributed by atoms with Gasteiger partial charge in [-0.15, -0.1) is 0 Å². The topological polar surface area (TPSA) is 95.7 Å². The summed E-state index contributed by atoms with van der Waals surface area (Å²) in [7, 11) is 0. The van der Waals surface area contributed by atoms with Gasteiger partial charge in [0, 0.05) is 52.4 Å². The van der Waals surface area contributed by atoms with E-state index in [0.717, 1.165) is 26.1 Å². The van der Waals surface area contributed by atoms with Crippen LogP contribution in [0.4, 0.5) is 20.7 Å². The van der Waals surface area contributed by atoms with E-state index in [-0.39, 0.29) is 18.2 Å². The lowest BCUT2D eigenvalue weighted by molar-refractivity contribution is -0.0281. The number of anilines is 2. The van der Waals surface area contributed by atoms with Crippen molar-refractivity contribution in [1.82, 2.24) is 29.4 Å². The van der Waals surface area contributed by atoms with Crippen LogP contribution in [0.5, 0.6) is 0 Å². The van der Waals surface area contributed by atoms with Gasteiger partial charge in [-0.1, -0.05) is 12.1 Å². The number of ether oxygens (including phenoxy) is 1. The van der Waals surface area contributed by atoms with Gasteiger partial charge >= 0.3 is 0 Å². The average molecular weight is 503 g/mol. The monoisotopic (exact) mass is 502 g/mol. The fourth-order valence-corrected chi connectivity index (χ4v) is 4.78. The highest BCUT2D eigenvalue weighted by Gasteiger charge is 2.31. The van der Waals surface area contributed by atoms with Crippen LogP contribution in [0.15, 0.2) is 24.3 Å². The van der Waals surface area contributed by atoms with Crippen molar-refractivity contribution in [3.8, 4) is 5.95 Å². The molecule has 2 fully saturated rings. The van der Waals surface area contributed by atoms with Crippen LogP contribution in [0.25, 0.3) is 17.0 Å². The molecular formula is C24H32F2N8O2. The largest absolute Gasteiger partial charge is 0.396 e. The fraction of sp³-hybridized carbons (Fsp3) is 0.583. The normalized spacial score (nSPS) is 18.9. The molecule has 36 heavy (non-hydrogen) atoms. The quantitative estimate of drug-likeness (QED) is 0.522. The van der Waals surface area contributed by atoms with Crippen molar-refractivity contribution in [2.24, 2.45) is 0 Å². The minimum absolute atomic E-state index is 0.131. The zero-order valence-electron chi connectivity index (χ0n) is 20.6. The summed E-state index contributed by atoms with van der Waals surface area (Å²) in [6, 6.07) is 7.01. The van der Waals surface area contributed by atoms with Crippen molar-refractivity contribution < 1.29 is 18.6 Å². The number of alkyl halides is 2. The molecule has 10 nitrogen and oxygen atoms in total. The van der Waals surface area contributed by atoms with Crippen molar-refractivity contribution in [2.45, 2.75) is 32.3 Å². The second kappa shape index (κ2) is 10.2. The van der Waals surface area contributed by atoms with Crippen molar-refractivity contribution >= 4 is 22.9 Å². The first-order valence-electron chi connectivity index (χ1n) is 12.3. The smallest absolute Gasteiger partial charge is 0.296 e. The van der Waals surface area contributed by atoms with Crippen molar-refractivity contribution in [1.29, 1.82) is 0 Å². The zero-order chi connectivity index (χ0) is 25.3. The molecule has 0 atom stereocenters. The molecule has 0 amide bonds. The van der Waals surface area contributed by atoms with E-state index in [2.05, 4.69) is 24.8 Å². The molecule has 194 valence electrons. The van der Waals surface area contributed by atoms with Crippen molar-refractivity contribution in [2.75, 3.05) is 68.8 Å². The highest BCUT2D eigenvalue weighted by molar-refractivity contribution is 5.77. The maximum Gasteiger partial charge on any atom is 0.296 e. The van der Waals surface area contributed by atoms with Gasteiger partial charge in [0.15, 0.2) is 5.82 Å². The van der Waals surface area contributed by atoms with E-state index in [1.54, 1.807) is 24.3 Å². The third-order valence-electron chi connectivity index (χ3n) is 6.58. The number of rotatable bonds is 7. The molecule has 0 unspecified atom stereocenters. The van der Waals surface area contributed by atoms with Crippen LogP contribution < -0.4 is 9.80 Å². The van der Waals surface area contributed by atoms with Crippen LogP contribution in [0, 0.1) is 0 Å². The zero-order valence-corrected chi connectivity index (χ0v) is 20.6. The molecule has 5 rings (SSSR count). The Morgan fingerprint density at radius 1 is 0.944 bits per heavy atom. The van der Waals surface area contributed by atoms with E-state index in [4.69, 9.17) is 14.8 Å². The number of imidazole rings is 1. The van der Waals surface area contributed by atoms with Crippen LogP contribution in [0.2, 0.25) is 0 Å². The molecule has 1 aromatic carbocycles. The maximum atomic E-state index is 14.1. The fourth-order valence-electron chi connectivity index (χ4n) is 4.78. The lowest BCUT2D eigenvalue weighted by Crippen LogP contribution is -2.49. The number of morpholine rings is 1. The number of hydrogen-bond acceptors (Lipinski definition) is 9. The van der Waals surface area contributed by atoms with Crippen molar-refractivity contribution in [3.05, 3.63) is 30.1 Å². The Labute approximate surface area is 208 Å². The number of benzene rings is 1. The third-order valence-corrected chi connectivity index (χ3v) is 6.58. The second-order valence-corrected chi connectivity index (χ2v) is 9.77. The number of piperazine rings is 1. The first kappa shape index (κ1) is 24.7. The molecule has 2 aliphatic rings. The summed E-state index contributed by atoms with van der Waals surface area (Å²) in [5.74, 6) is 0.632. The van der Waals surface area contributed by atoms with Gasteiger partial charge in [-0.25, -0.2) is 13.8 Å². The number of aliphatic hydroxyl groups excluding tert-OH is 1. The number of halogens is 2. The first-order valence-corrected chi connectivity index (χ1v) is 12.3. The molecule has 2 saturated heterocycles. The predicted octanol–water partition coefficient (Wildman–Crippen LogP) is 2.27. The second-order valence-electron chi connectivity index (χ2n) is 9.77. The number of hydrogen-bond donors (Lipinski definition) is 1. The Morgan fingerprint density at radius 3 is 2.33 bits per heavy atom. The number of para-hydroxylation sites is 2. The lowest BCUT2D eigenvalue weighted by atomic mass is 10.1. The van der Waals surface area contributed by atoms with Gasteiger partial charge in [-0.3, -0.25) is 9.47 Å². The van der Waals surface area contributed by atoms with Crippen molar-refractivity contribution in [3.63, 3.8) is 0 Å². The molecule has 12 heteroatoms. The molecule has 2 aliphatic heterocycles. The first-order chi connectivity index (χ1) is 17.3. The molecule has 0 saturated carbocycles. The highest BCUT2D eigenvalue weighted by atomic mass is 19.3. The van der Waals surface area contributed by atoms with E-state index in [9.17, 15) is 8.78 Å². The Morgan fingerprint density at radius 2 is 1.64 bits per heavy atom. The summed E-state index contributed by atoms with van der Waals surface area (Å²) in [5, 5.41) is 9.14. The molecular weight excluding hydrogens is 470 g/mol. The van der Waals surface area contributed by atoms with Gasteiger partial charge < -0.3 is 19.6 Å². The van der Waals surface area contributed by atoms with Crippen LogP contribution in [0.3, 0.4) is 0 Å². The predicted molar refractivity (Wildman–Crippen MR) is 132 cm³/mol. The standard InChI is InChI=1S/C24H32F2N8O2/c1-24(2)16-33(13-15-36-24)22-28-21(32-11-9-31(10-12-32)8-5-14-35)29-23(30-22)34-18-7-4-3-6-17(18)27-20(34)19(25)26/h3-4,6-7,19,35H,5,8-16H2,1-2H3. The molecule has 4 heterocycles. The summed E-state index contributed by atoms with van der Waals surface area (Å²) in [5.41, 5.74) is 0.590. The number of aromatic nitrogens is 5. The third kappa shape index (κ3) is 5.11. The van der Waals surface area contributed by atoms with E-state index in [1.165, 1.54) is 4.57 Å². The summed E-state index contributed by atoms with van der Waals surface area (Å²) < 4.78 is 35.4. The van der Waals surface area contributed by atoms with Crippen LogP contribution in [-0.4, -0.2) is 99.1 Å². The molecule has 3 aromatic rings. The summed E-state index contributed by atoms with van der Waals surface area (Å²) >= 11 is 0. The van der Waals surface area contributed by atoms with Crippen LogP contribution in [-0.2, 0) is 4.74 Å². The van der Waals surface area contributed by atoms with Crippen LogP contribution >= 0.6 is 0 Å². The molecule has 0 bridgehead atoms. The Kier molecular flexibility index (Phi) is 7.00. The SMILES string of the molecule is CC1(C)CN(c2nc(N3CCN(CCCO)CC3)nc(-n3c(C(F)F)nc4ccccc43)n2)CCO1. The average Bonchev–Trinajstić information content (AvgIpc) is 3.27. The van der Waals surface area contributed by atoms with E-state index >= 15 is 0 Å². The summed E-state index contributed by atoms with van der Waals surface area (Å²) in [6.45, 7) is 9.67. The van der Waals surface area contributed by atoms with Crippen LogP contribution in [0.1, 0.15) is 32.5 Å². The summed E-state index contributed by atoms with van der Waals surface area (Å²) in [6.07, 6.45) is -2.06. The molecule has 0 spiro atoms. The Bertz CT molecular complexity index is 1200. The molecule has 1 N–H and O–H groups in total. The van der Waals surface area contributed by atoms with E-state index in [1.807, 2.05) is 18.7 Å².